The summed E-state index contributed by atoms with van der Waals surface area (Å²) in [6.45, 7) is 13.0. The molecule has 0 aromatic carbocycles. The second kappa shape index (κ2) is 9.07. The van der Waals surface area contributed by atoms with Gasteiger partial charge in [-0.3, -0.25) is 0 Å². The number of rotatable bonds is 10. The van der Waals surface area contributed by atoms with Crippen LogP contribution in [-0.2, 0) is 0 Å². The predicted octanol–water partition coefficient (Wildman–Crippen LogP) is 5.79. The Balaban J connectivity index is 2.65. The Labute approximate surface area is 128 Å². The average molecular weight is 282 g/mol. The van der Waals surface area contributed by atoms with Crippen molar-refractivity contribution in [3.05, 3.63) is 0 Å². The van der Waals surface area contributed by atoms with Gasteiger partial charge in [0.15, 0.2) is 0 Å². The van der Waals surface area contributed by atoms with Crippen molar-refractivity contribution in [3.63, 3.8) is 0 Å². The Morgan fingerprint density at radius 2 is 1.60 bits per heavy atom. The minimum Gasteiger partial charge on any atom is -0.313 e. The summed E-state index contributed by atoms with van der Waals surface area (Å²) in [6.07, 6.45) is 12.7. The van der Waals surface area contributed by atoms with Gasteiger partial charge in [0.25, 0.3) is 0 Å². The van der Waals surface area contributed by atoms with Crippen LogP contribution in [0.5, 0.6) is 0 Å². The lowest BCUT2D eigenvalue weighted by atomic mass is 9.71. The van der Waals surface area contributed by atoms with Crippen molar-refractivity contribution >= 4 is 0 Å². The summed E-state index contributed by atoms with van der Waals surface area (Å²) in [6, 6.07) is 0.770. The third kappa shape index (κ3) is 5.76. The van der Waals surface area contributed by atoms with Gasteiger partial charge in [-0.2, -0.15) is 0 Å². The molecule has 1 saturated carbocycles. The van der Waals surface area contributed by atoms with Gasteiger partial charge in [-0.15, -0.1) is 0 Å². The monoisotopic (exact) mass is 281 g/mol. The molecule has 20 heavy (non-hydrogen) atoms. The van der Waals surface area contributed by atoms with Crippen LogP contribution < -0.4 is 5.32 Å². The quantitative estimate of drug-likeness (QED) is 0.534. The molecule has 0 aromatic rings. The van der Waals surface area contributed by atoms with E-state index in [9.17, 15) is 0 Å². The second-order valence-corrected chi connectivity index (χ2v) is 8.00. The van der Waals surface area contributed by atoms with E-state index in [1.807, 2.05) is 0 Å². The number of nitrogens with one attached hydrogen (secondary N) is 1. The smallest absolute Gasteiger partial charge is 0.0124 e. The fourth-order valence-corrected chi connectivity index (χ4v) is 4.26. The van der Waals surface area contributed by atoms with Crippen molar-refractivity contribution in [2.24, 2.45) is 17.3 Å². The molecular weight excluding hydrogens is 242 g/mol. The molecule has 0 radical (unpaired) electrons. The first-order valence-electron chi connectivity index (χ1n) is 9.23. The molecule has 0 aliphatic heterocycles. The van der Waals surface area contributed by atoms with Gasteiger partial charge in [-0.25, -0.2) is 0 Å². The van der Waals surface area contributed by atoms with Gasteiger partial charge in [0.1, 0.15) is 0 Å². The molecule has 1 nitrogen and oxygen atoms in total. The van der Waals surface area contributed by atoms with E-state index in [1.165, 1.54) is 64.3 Å². The van der Waals surface area contributed by atoms with E-state index in [1.54, 1.807) is 0 Å². The van der Waals surface area contributed by atoms with Gasteiger partial charge in [-0.05, 0) is 55.9 Å². The first-order chi connectivity index (χ1) is 9.50. The SMILES string of the molecule is CCCNC(CCCC(C)C)C1(CC(C)C)CCCC1. The Bertz CT molecular complexity index is 238. The van der Waals surface area contributed by atoms with E-state index in [-0.39, 0.29) is 0 Å². The Morgan fingerprint density at radius 3 is 2.10 bits per heavy atom. The summed E-state index contributed by atoms with van der Waals surface area (Å²) in [4.78, 5) is 0. The van der Waals surface area contributed by atoms with Crippen LogP contribution in [0.25, 0.3) is 0 Å². The van der Waals surface area contributed by atoms with Crippen LogP contribution in [0.1, 0.15) is 92.4 Å². The number of hydrogen-bond acceptors (Lipinski definition) is 1. The molecule has 0 bridgehead atoms. The van der Waals surface area contributed by atoms with Crippen LogP contribution in [0.4, 0.5) is 0 Å². The average Bonchev–Trinajstić information content (AvgIpc) is 2.81. The molecule has 0 aromatic heterocycles. The molecule has 0 amide bonds. The van der Waals surface area contributed by atoms with Gasteiger partial charge in [0.2, 0.25) is 0 Å². The minimum atomic E-state index is 0.611. The lowest BCUT2D eigenvalue weighted by molar-refractivity contribution is 0.144. The lowest BCUT2D eigenvalue weighted by Crippen LogP contribution is -2.45. The van der Waals surface area contributed by atoms with Crippen molar-refractivity contribution < 1.29 is 0 Å². The van der Waals surface area contributed by atoms with E-state index >= 15 is 0 Å². The summed E-state index contributed by atoms with van der Waals surface area (Å²) in [5.74, 6) is 1.69. The molecule has 120 valence electrons. The summed E-state index contributed by atoms with van der Waals surface area (Å²) in [5, 5.41) is 3.93. The topological polar surface area (TPSA) is 12.0 Å². The highest BCUT2D eigenvalue weighted by Crippen LogP contribution is 2.47. The first-order valence-corrected chi connectivity index (χ1v) is 9.23. The zero-order chi connectivity index (χ0) is 15.0. The van der Waals surface area contributed by atoms with Crippen LogP contribution in [0.2, 0.25) is 0 Å². The molecule has 0 heterocycles. The molecule has 0 spiro atoms. The van der Waals surface area contributed by atoms with Crippen molar-refractivity contribution in [1.29, 1.82) is 0 Å². The zero-order valence-corrected chi connectivity index (χ0v) is 14.8. The van der Waals surface area contributed by atoms with Crippen LogP contribution in [0.3, 0.4) is 0 Å². The molecule has 1 unspecified atom stereocenters. The van der Waals surface area contributed by atoms with Crippen molar-refractivity contribution in [2.75, 3.05) is 6.54 Å². The van der Waals surface area contributed by atoms with E-state index in [2.05, 4.69) is 39.9 Å². The maximum atomic E-state index is 3.93. The van der Waals surface area contributed by atoms with Crippen LogP contribution in [-0.4, -0.2) is 12.6 Å². The maximum Gasteiger partial charge on any atom is 0.0124 e. The third-order valence-electron chi connectivity index (χ3n) is 5.07. The van der Waals surface area contributed by atoms with Crippen molar-refractivity contribution in [2.45, 2.75) is 98.4 Å². The fourth-order valence-electron chi connectivity index (χ4n) is 4.26. The van der Waals surface area contributed by atoms with Crippen LogP contribution in [0.15, 0.2) is 0 Å². The molecule has 1 aliphatic carbocycles. The maximum absolute atomic E-state index is 3.93. The molecule has 0 saturated heterocycles. The lowest BCUT2D eigenvalue weighted by Gasteiger charge is -2.40. The summed E-state index contributed by atoms with van der Waals surface area (Å²) in [7, 11) is 0. The molecule has 1 N–H and O–H groups in total. The molecule has 1 heteroatoms. The Hall–Kier alpha value is -0.0400. The second-order valence-electron chi connectivity index (χ2n) is 8.00. The van der Waals surface area contributed by atoms with Crippen molar-refractivity contribution in [3.8, 4) is 0 Å². The van der Waals surface area contributed by atoms with E-state index in [0.717, 1.165) is 17.9 Å². The largest absolute Gasteiger partial charge is 0.313 e. The fraction of sp³-hybridized carbons (Fsp3) is 1.00. The molecule has 1 rings (SSSR count). The van der Waals surface area contributed by atoms with Gasteiger partial charge in [0, 0.05) is 6.04 Å². The van der Waals surface area contributed by atoms with Gasteiger partial charge in [0.05, 0.1) is 0 Å². The highest BCUT2D eigenvalue weighted by molar-refractivity contribution is 4.95. The molecule has 1 atom stereocenters. The summed E-state index contributed by atoms with van der Waals surface area (Å²) < 4.78 is 0. The minimum absolute atomic E-state index is 0.611. The molecular formula is C19H39N. The Kier molecular flexibility index (Phi) is 8.17. The highest BCUT2D eigenvalue weighted by atomic mass is 14.9. The van der Waals surface area contributed by atoms with E-state index < -0.39 is 0 Å². The zero-order valence-electron chi connectivity index (χ0n) is 14.8. The van der Waals surface area contributed by atoms with Crippen LogP contribution >= 0.6 is 0 Å². The normalized spacial score (nSPS) is 19.9. The Morgan fingerprint density at radius 1 is 0.950 bits per heavy atom. The highest BCUT2D eigenvalue weighted by Gasteiger charge is 2.40. The predicted molar refractivity (Wildman–Crippen MR) is 91.1 cm³/mol. The third-order valence-corrected chi connectivity index (χ3v) is 5.07. The van der Waals surface area contributed by atoms with Gasteiger partial charge >= 0.3 is 0 Å². The first kappa shape index (κ1) is 18.0. The molecule has 1 aliphatic rings. The number of hydrogen-bond donors (Lipinski definition) is 1. The van der Waals surface area contributed by atoms with E-state index in [4.69, 9.17) is 0 Å². The van der Waals surface area contributed by atoms with Gasteiger partial charge < -0.3 is 5.32 Å². The summed E-state index contributed by atoms with van der Waals surface area (Å²) in [5.41, 5.74) is 0.611. The van der Waals surface area contributed by atoms with Gasteiger partial charge in [-0.1, -0.05) is 60.3 Å². The standard InChI is InChI=1S/C19H39N/c1-6-14-20-18(11-9-10-16(2)3)19(15-17(4)5)12-7-8-13-19/h16-18,20H,6-15H2,1-5H3. The molecule has 1 fully saturated rings. The summed E-state index contributed by atoms with van der Waals surface area (Å²) >= 11 is 0. The van der Waals surface area contributed by atoms with E-state index in [0.29, 0.717) is 5.41 Å². The van der Waals surface area contributed by atoms with Crippen LogP contribution in [0, 0.1) is 17.3 Å². The van der Waals surface area contributed by atoms with Crippen molar-refractivity contribution in [1.82, 2.24) is 5.32 Å².